The third kappa shape index (κ3) is 5.40. The van der Waals surface area contributed by atoms with Gasteiger partial charge in [0, 0.05) is 46.8 Å². The van der Waals surface area contributed by atoms with Gasteiger partial charge in [0.05, 0.1) is 18.4 Å². The first-order valence-corrected chi connectivity index (χ1v) is 13.7. The number of methoxy groups -OCH3 is 1. The van der Waals surface area contributed by atoms with E-state index in [1.54, 1.807) is 7.11 Å². The van der Waals surface area contributed by atoms with Crippen LogP contribution < -0.4 is 14.8 Å². The summed E-state index contributed by atoms with van der Waals surface area (Å²) in [4.78, 5) is 21.1. The van der Waals surface area contributed by atoms with Crippen LogP contribution in [-0.4, -0.2) is 59.9 Å². The molecule has 1 N–H and O–H groups in total. The number of carbonyl (C=O) groups excluding carboxylic acids is 1. The molecule has 4 heterocycles. The molecule has 2 fully saturated rings. The second-order valence-electron chi connectivity index (χ2n) is 12.7. The predicted octanol–water partition coefficient (Wildman–Crippen LogP) is 5.78. The Morgan fingerprint density at radius 2 is 1.77 bits per heavy atom. The topological polar surface area (TPSA) is 63.2 Å². The number of halogens is 2. The number of nitrogens with zero attached hydrogens (tertiary/aromatic N) is 2. The Balaban J connectivity index is 0.00000176. The van der Waals surface area contributed by atoms with Gasteiger partial charge in [-0.2, -0.15) is 0 Å². The zero-order valence-electron chi connectivity index (χ0n) is 23.8. The first kappa shape index (κ1) is 29.7. The predicted molar refractivity (Wildman–Crippen MR) is 161 cm³/mol. The van der Waals surface area contributed by atoms with E-state index < -0.39 is 0 Å². The van der Waals surface area contributed by atoms with Crippen LogP contribution in [0.1, 0.15) is 86.0 Å². The van der Waals surface area contributed by atoms with Gasteiger partial charge in [-0.05, 0) is 90.6 Å². The van der Waals surface area contributed by atoms with E-state index in [0.29, 0.717) is 17.6 Å². The fourth-order valence-corrected chi connectivity index (χ4v) is 7.04. The van der Waals surface area contributed by atoms with Gasteiger partial charge in [0.2, 0.25) is 0 Å². The Hall–Kier alpha value is -2.28. The number of ether oxygens (including phenoxy) is 2. The highest BCUT2D eigenvalue weighted by atomic mass is 35.5. The summed E-state index contributed by atoms with van der Waals surface area (Å²) in [6.07, 6.45) is 6.18. The smallest absolute Gasteiger partial charge is 0.251 e. The number of fused-ring (bicyclic) bond motifs is 5. The van der Waals surface area contributed by atoms with Crippen molar-refractivity contribution in [3.8, 4) is 11.5 Å². The van der Waals surface area contributed by atoms with Crippen molar-refractivity contribution < 1.29 is 14.3 Å². The highest BCUT2D eigenvalue weighted by Gasteiger charge is 2.41. The number of aliphatic imine (C=N–C) groups is 1. The number of hydrogen-bond acceptors (Lipinski definition) is 5. The Kier molecular flexibility index (Phi) is 8.08. The molecule has 1 amide bonds. The third-order valence-electron chi connectivity index (χ3n) is 8.73. The van der Waals surface area contributed by atoms with Crippen LogP contribution in [0.15, 0.2) is 35.3 Å². The standard InChI is InChI=1S/C31H39N3O3.2ClH/c1-30(2)16-20-13-25(36-6)28-24(17-31(3,4)37-28)26(20)27(33-30)18-8-7-9-19(12-18)29(35)32-21-14-22-10-11-23(15-21)34(22)5;;/h7-9,12-13,21-23H,10-11,14-17H2,1-6H3,(H,32,35);2*1H. The molecule has 6 rings (SSSR count). The fourth-order valence-electron chi connectivity index (χ4n) is 7.04. The molecule has 4 aliphatic rings. The minimum atomic E-state index is -0.308. The molecule has 4 aliphatic heterocycles. The molecular weight excluding hydrogens is 533 g/mol. The SMILES string of the molecule is COc1cc2c(c3c1OC(C)(C)C3)C(c1cccc(C(=O)NC3CC4CCC(C3)N4C)c1)=NC(C)(C)C2.Cl.Cl. The normalized spacial score (nSPS) is 25.7. The number of rotatable bonds is 4. The average Bonchev–Trinajstić information content (AvgIpc) is 3.25. The molecule has 39 heavy (non-hydrogen) atoms. The number of carbonyl (C=O) groups is 1. The summed E-state index contributed by atoms with van der Waals surface area (Å²) in [5.74, 6) is 1.62. The van der Waals surface area contributed by atoms with Crippen LogP contribution >= 0.6 is 24.8 Å². The fraction of sp³-hybridized carbons (Fsp3) is 0.548. The van der Waals surface area contributed by atoms with Gasteiger partial charge in [0.25, 0.3) is 5.91 Å². The van der Waals surface area contributed by atoms with E-state index in [9.17, 15) is 4.79 Å². The van der Waals surface area contributed by atoms with Gasteiger partial charge in [0.1, 0.15) is 5.60 Å². The molecule has 8 heteroatoms. The highest BCUT2D eigenvalue weighted by molar-refractivity contribution is 6.16. The molecule has 2 bridgehead atoms. The highest BCUT2D eigenvalue weighted by Crippen LogP contribution is 2.48. The molecule has 0 aliphatic carbocycles. The quantitative estimate of drug-likeness (QED) is 0.503. The largest absolute Gasteiger partial charge is 0.493 e. The van der Waals surface area contributed by atoms with Gasteiger partial charge >= 0.3 is 0 Å². The lowest BCUT2D eigenvalue weighted by Crippen LogP contribution is -2.48. The second-order valence-corrected chi connectivity index (χ2v) is 12.7. The van der Waals surface area contributed by atoms with Gasteiger partial charge in [-0.1, -0.05) is 12.1 Å². The number of nitrogens with one attached hydrogen (secondary N) is 1. The summed E-state index contributed by atoms with van der Waals surface area (Å²) in [6.45, 7) is 8.56. The lowest BCUT2D eigenvalue weighted by atomic mass is 9.80. The monoisotopic (exact) mass is 573 g/mol. The molecule has 0 saturated carbocycles. The summed E-state index contributed by atoms with van der Waals surface area (Å²) < 4.78 is 12.1. The third-order valence-corrected chi connectivity index (χ3v) is 8.73. The van der Waals surface area contributed by atoms with Crippen LogP contribution in [0.25, 0.3) is 0 Å². The van der Waals surface area contributed by atoms with Crippen molar-refractivity contribution in [1.82, 2.24) is 10.2 Å². The molecule has 0 aromatic heterocycles. The van der Waals surface area contributed by atoms with E-state index in [4.69, 9.17) is 14.5 Å². The first-order chi connectivity index (χ1) is 17.5. The van der Waals surface area contributed by atoms with E-state index in [1.165, 1.54) is 18.4 Å². The molecule has 2 aromatic carbocycles. The van der Waals surface area contributed by atoms with Crippen molar-refractivity contribution in [2.24, 2.45) is 4.99 Å². The van der Waals surface area contributed by atoms with Crippen molar-refractivity contribution in [2.45, 2.75) is 95.5 Å². The van der Waals surface area contributed by atoms with E-state index in [-0.39, 0.29) is 47.9 Å². The molecule has 2 atom stereocenters. The summed E-state index contributed by atoms with van der Waals surface area (Å²) >= 11 is 0. The molecule has 212 valence electrons. The Bertz CT molecular complexity index is 1290. The maximum atomic E-state index is 13.4. The van der Waals surface area contributed by atoms with E-state index >= 15 is 0 Å². The van der Waals surface area contributed by atoms with Gasteiger partial charge in [0.15, 0.2) is 11.5 Å². The number of piperidine rings is 1. The van der Waals surface area contributed by atoms with Crippen molar-refractivity contribution in [3.63, 3.8) is 0 Å². The number of hydrogen-bond donors (Lipinski definition) is 1. The maximum Gasteiger partial charge on any atom is 0.251 e. The van der Waals surface area contributed by atoms with Gasteiger partial charge in [-0.15, -0.1) is 24.8 Å². The van der Waals surface area contributed by atoms with Crippen LogP contribution in [0.5, 0.6) is 11.5 Å². The molecule has 2 aromatic rings. The van der Waals surface area contributed by atoms with Crippen LogP contribution in [0.2, 0.25) is 0 Å². The van der Waals surface area contributed by atoms with E-state index in [0.717, 1.165) is 59.6 Å². The Morgan fingerprint density at radius 1 is 1.08 bits per heavy atom. The molecular formula is C31H41Cl2N3O3. The van der Waals surface area contributed by atoms with E-state index in [2.05, 4.69) is 57.1 Å². The molecule has 2 saturated heterocycles. The Labute approximate surface area is 244 Å². The van der Waals surface area contributed by atoms with Gasteiger partial charge in [-0.3, -0.25) is 9.79 Å². The van der Waals surface area contributed by atoms with Gasteiger partial charge < -0.3 is 19.7 Å². The van der Waals surface area contributed by atoms with Crippen molar-refractivity contribution in [3.05, 3.63) is 58.1 Å². The molecule has 2 unspecified atom stereocenters. The zero-order chi connectivity index (χ0) is 26.1. The molecule has 0 radical (unpaired) electrons. The lowest BCUT2D eigenvalue weighted by Gasteiger charge is -2.36. The maximum absolute atomic E-state index is 13.4. The van der Waals surface area contributed by atoms with Crippen molar-refractivity contribution in [1.29, 1.82) is 0 Å². The van der Waals surface area contributed by atoms with Crippen LogP contribution in [0, 0.1) is 0 Å². The van der Waals surface area contributed by atoms with Crippen LogP contribution in [0.4, 0.5) is 0 Å². The number of amides is 1. The zero-order valence-corrected chi connectivity index (χ0v) is 25.4. The minimum Gasteiger partial charge on any atom is -0.493 e. The molecule has 6 nitrogen and oxygen atoms in total. The van der Waals surface area contributed by atoms with Crippen molar-refractivity contribution in [2.75, 3.05) is 14.2 Å². The summed E-state index contributed by atoms with van der Waals surface area (Å²) in [6, 6.07) is 11.5. The Morgan fingerprint density at radius 3 is 2.44 bits per heavy atom. The van der Waals surface area contributed by atoms with Crippen LogP contribution in [0.3, 0.4) is 0 Å². The summed E-state index contributed by atoms with van der Waals surface area (Å²) in [7, 11) is 3.93. The second kappa shape index (κ2) is 10.6. The number of benzene rings is 2. The van der Waals surface area contributed by atoms with Crippen LogP contribution in [-0.2, 0) is 12.8 Å². The van der Waals surface area contributed by atoms with Crippen molar-refractivity contribution >= 4 is 36.4 Å². The lowest BCUT2D eigenvalue weighted by molar-refractivity contribution is 0.0882. The summed E-state index contributed by atoms with van der Waals surface area (Å²) in [5.41, 5.74) is 5.57. The van der Waals surface area contributed by atoms with E-state index in [1.807, 2.05) is 18.2 Å². The average molecular weight is 575 g/mol. The van der Waals surface area contributed by atoms with Gasteiger partial charge in [-0.25, -0.2) is 0 Å². The summed E-state index contributed by atoms with van der Waals surface area (Å²) in [5, 5.41) is 3.35. The molecule has 0 spiro atoms. The minimum absolute atomic E-state index is 0. The first-order valence-electron chi connectivity index (χ1n) is 13.7.